The van der Waals surface area contributed by atoms with Crippen molar-refractivity contribution in [2.45, 2.75) is 29.5 Å². The Morgan fingerprint density at radius 2 is 1.97 bits per heavy atom. The van der Waals surface area contributed by atoms with Gasteiger partial charge in [0, 0.05) is 17.5 Å². The van der Waals surface area contributed by atoms with Crippen LogP contribution >= 0.6 is 24.2 Å². The smallest absolute Gasteiger partial charge is 0.252 e. The molecule has 1 aliphatic rings. The zero-order valence-electron chi connectivity index (χ0n) is 15.8. The quantitative estimate of drug-likeness (QED) is 0.561. The molecule has 7 nitrogen and oxygen atoms in total. The van der Waals surface area contributed by atoms with Crippen LogP contribution in [0.2, 0.25) is 0 Å². The molecule has 1 aromatic heterocycles. The number of nitrogens with one attached hydrogen (secondary N) is 2. The average molecular weight is 431 g/mol. The number of halogens is 1. The van der Waals surface area contributed by atoms with Crippen LogP contribution in [0.25, 0.3) is 5.69 Å². The standard InChI is InChI=1S/C20H22N6OS.ClH/c27-20(22-13-15-7-6-12-21-15)17-10-4-5-11-18(17)28-14-19-23-24-25-26(19)16-8-2-1-3-9-16;/h1-5,8-11,15,21H,6-7,12-14H2,(H,22,27);1H. The van der Waals surface area contributed by atoms with Crippen molar-refractivity contribution >= 4 is 30.1 Å². The van der Waals surface area contributed by atoms with Crippen LogP contribution in [0, 0.1) is 0 Å². The Morgan fingerprint density at radius 3 is 2.76 bits per heavy atom. The highest BCUT2D eigenvalue weighted by Gasteiger charge is 2.17. The summed E-state index contributed by atoms with van der Waals surface area (Å²) in [5, 5.41) is 18.5. The van der Waals surface area contributed by atoms with E-state index in [0.717, 1.165) is 29.4 Å². The number of carbonyl (C=O) groups excluding carboxylic acids is 1. The minimum absolute atomic E-state index is 0. The van der Waals surface area contributed by atoms with E-state index in [1.54, 1.807) is 16.4 Å². The summed E-state index contributed by atoms with van der Waals surface area (Å²) >= 11 is 1.56. The molecule has 1 unspecified atom stereocenters. The molecule has 9 heteroatoms. The zero-order valence-corrected chi connectivity index (χ0v) is 17.5. The number of tetrazole rings is 1. The van der Waals surface area contributed by atoms with Crippen LogP contribution in [-0.4, -0.2) is 45.2 Å². The first-order valence-electron chi connectivity index (χ1n) is 9.37. The van der Waals surface area contributed by atoms with Gasteiger partial charge in [0.15, 0.2) is 5.82 Å². The fourth-order valence-corrected chi connectivity index (χ4v) is 4.19. The van der Waals surface area contributed by atoms with E-state index in [0.29, 0.717) is 23.9 Å². The number of rotatable bonds is 7. The van der Waals surface area contributed by atoms with Crippen LogP contribution in [0.1, 0.15) is 29.0 Å². The summed E-state index contributed by atoms with van der Waals surface area (Å²) in [6.45, 7) is 1.69. The first-order valence-corrected chi connectivity index (χ1v) is 10.4. The lowest BCUT2D eigenvalue weighted by Crippen LogP contribution is -2.37. The Hall–Kier alpha value is -2.42. The van der Waals surface area contributed by atoms with Crippen molar-refractivity contribution in [3.63, 3.8) is 0 Å². The fourth-order valence-electron chi connectivity index (χ4n) is 3.23. The Balaban J connectivity index is 0.00000240. The molecule has 1 fully saturated rings. The summed E-state index contributed by atoms with van der Waals surface area (Å²) in [6, 6.07) is 17.8. The van der Waals surface area contributed by atoms with Gasteiger partial charge in [0.1, 0.15) is 0 Å². The van der Waals surface area contributed by atoms with E-state index in [1.807, 2.05) is 54.6 Å². The molecule has 0 radical (unpaired) electrons. The molecule has 0 saturated carbocycles. The Kier molecular flexibility index (Phi) is 7.62. The predicted molar refractivity (Wildman–Crippen MR) is 116 cm³/mol. The molecule has 1 aliphatic heterocycles. The van der Waals surface area contributed by atoms with Gasteiger partial charge in [-0.15, -0.1) is 29.3 Å². The van der Waals surface area contributed by atoms with Gasteiger partial charge in [-0.1, -0.05) is 30.3 Å². The second kappa shape index (κ2) is 10.4. The first-order chi connectivity index (χ1) is 13.8. The van der Waals surface area contributed by atoms with Crippen molar-refractivity contribution in [1.29, 1.82) is 0 Å². The third-order valence-corrected chi connectivity index (χ3v) is 5.76. The van der Waals surface area contributed by atoms with E-state index >= 15 is 0 Å². The van der Waals surface area contributed by atoms with Crippen molar-refractivity contribution in [3.8, 4) is 5.69 Å². The van der Waals surface area contributed by atoms with Gasteiger partial charge in [0.25, 0.3) is 5.91 Å². The van der Waals surface area contributed by atoms with Gasteiger partial charge in [-0.05, 0) is 54.1 Å². The normalized spacial score (nSPS) is 15.7. The topological polar surface area (TPSA) is 84.7 Å². The van der Waals surface area contributed by atoms with Gasteiger partial charge in [-0.2, -0.15) is 4.68 Å². The van der Waals surface area contributed by atoms with Crippen LogP contribution in [0.5, 0.6) is 0 Å². The largest absolute Gasteiger partial charge is 0.350 e. The van der Waals surface area contributed by atoms with Crippen molar-refractivity contribution < 1.29 is 4.79 Å². The molecule has 0 spiro atoms. The number of amides is 1. The van der Waals surface area contributed by atoms with E-state index in [9.17, 15) is 4.79 Å². The fraction of sp³-hybridized carbons (Fsp3) is 0.300. The summed E-state index contributed by atoms with van der Waals surface area (Å²) < 4.78 is 1.72. The highest BCUT2D eigenvalue weighted by molar-refractivity contribution is 7.98. The third kappa shape index (κ3) is 5.35. The number of nitrogens with zero attached hydrogens (tertiary/aromatic N) is 4. The van der Waals surface area contributed by atoms with Crippen molar-refractivity contribution in [2.75, 3.05) is 13.1 Å². The number of benzene rings is 2. The molecular formula is C20H23ClN6OS. The summed E-state index contributed by atoms with van der Waals surface area (Å²) in [7, 11) is 0. The summed E-state index contributed by atoms with van der Waals surface area (Å²) in [4.78, 5) is 13.6. The van der Waals surface area contributed by atoms with Crippen LogP contribution < -0.4 is 10.6 Å². The number of carbonyl (C=O) groups is 1. The number of hydrogen-bond acceptors (Lipinski definition) is 6. The summed E-state index contributed by atoms with van der Waals surface area (Å²) in [6.07, 6.45) is 2.28. The second-order valence-corrected chi connectivity index (χ2v) is 7.65. The Morgan fingerprint density at radius 1 is 1.17 bits per heavy atom. The Labute approximate surface area is 180 Å². The van der Waals surface area contributed by atoms with E-state index in [4.69, 9.17) is 0 Å². The van der Waals surface area contributed by atoms with E-state index in [1.165, 1.54) is 6.42 Å². The summed E-state index contributed by atoms with van der Waals surface area (Å²) in [5.74, 6) is 1.26. The average Bonchev–Trinajstić information content (AvgIpc) is 3.43. The first kappa shape index (κ1) is 21.3. The third-order valence-electron chi connectivity index (χ3n) is 4.69. The van der Waals surface area contributed by atoms with Gasteiger partial charge in [0.05, 0.1) is 17.0 Å². The van der Waals surface area contributed by atoms with E-state index in [-0.39, 0.29) is 18.3 Å². The van der Waals surface area contributed by atoms with Crippen molar-refractivity contribution in [3.05, 3.63) is 66.0 Å². The van der Waals surface area contributed by atoms with Gasteiger partial charge in [-0.25, -0.2) is 0 Å². The Bertz CT molecular complexity index is 929. The molecule has 4 rings (SSSR count). The van der Waals surface area contributed by atoms with Gasteiger partial charge in [-0.3, -0.25) is 4.79 Å². The number of hydrogen-bond donors (Lipinski definition) is 2. The van der Waals surface area contributed by atoms with Crippen LogP contribution in [0.3, 0.4) is 0 Å². The molecule has 1 saturated heterocycles. The lowest BCUT2D eigenvalue weighted by molar-refractivity contribution is 0.0947. The summed E-state index contributed by atoms with van der Waals surface area (Å²) in [5.41, 5.74) is 1.60. The van der Waals surface area contributed by atoms with Gasteiger partial charge < -0.3 is 10.6 Å². The molecule has 2 aromatic carbocycles. The molecule has 1 amide bonds. The van der Waals surface area contributed by atoms with E-state index in [2.05, 4.69) is 26.2 Å². The van der Waals surface area contributed by atoms with E-state index < -0.39 is 0 Å². The lowest BCUT2D eigenvalue weighted by Gasteiger charge is -2.13. The molecule has 3 aromatic rings. The minimum atomic E-state index is -0.0422. The van der Waals surface area contributed by atoms with Crippen molar-refractivity contribution in [2.24, 2.45) is 0 Å². The zero-order chi connectivity index (χ0) is 19.2. The number of para-hydroxylation sites is 1. The number of thioether (sulfide) groups is 1. The minimum Gasteiger partial charge on any atom is -0.350 e. The molecule has 1 atom stereocenters. The van der Waals surface area contributed by atoms with Gasteiger partial charge >= 0.3 is 0 Å². The number of aromatic nitrogens is 4. The van der Waals surface area contributed by atoms with Gasteiger partial charge in [0.2, 0.25) is 0 Å². The van der Waals surface area contributed by atoms with Crippen LogP contribution in [0.15, 0.2) is 59.5 Å². The second-order valence-electron chi connectivity index (χ2n) is 6.63. The highest BCUT2D eigenvalue weighted by atomic mass is 35.5. The maximum atomic E-state index is 12.7. The monoisotopic (exact) mass is 430 g/mol. The lowest BCUT2D eigenvalue weighted by atomic mass is 10.2. The van der Waals surface area contributed by atoms with Crippen LogP contribution in [-0.2, 0) is 5.75 Å². The molecule has 2 heterocycles. The molecule has 152 valence electrons. The highest BCUT2D eigenvalue weighted by Crippen LogP contribution is 2.26. The molecule has 0 aliphatic carbocycles. The predicted octanol–water partition coefficient (Wildman–Crippen LogP) is 2.86. The van der Waals surface area contributed by atoms with Crippen molar-refractivity contribution in [1.82, 2.24) is 30.8 Å². The molecular weight excluding hydrogens is 408 g/mol. The molecule has 2 N–H and O–H groups in total. The van der Waals surface area contributed by atoms with Crippen LogP contribution in [0.4, 0.5) is 0 Å². The SMILES string of the molecule is Cl.O=C(NCC1CCCN1)c1ccccc1SCc1nnnn1-c1ccccc1. The molecule has 29 heavy (non-hydrogen) atoms. The maximum absolute atomic E-state index is 12.7. The maximum Gasteiger partial charge on any atom is 0.252 e. The molecule has 0 bridgehead atoms.